The summed E-state index contributed by atoms with van der Waals surface area (Å²) in [6.07, 6.45) is 4.37. The first-order valence-electron chi connectivity index (χ1n) is 8.77. The van der Waals surface area contributed by atoms with Crippen molar-refractivity contribution < 1.29 is 17.7 Å². The molecule has 1 unspecified atom stereocenters. The van der Waals surface area contributed by atoms with Gasteiger partial charge in [-0.25, -0.2) is 8.42 Å². The fourth-order valence-electron chi connectivity index (χ4n) is 4.00. The number of likely N-dealkylation sites (tertiary alicyclic amines) is 1. The molecule has 0 radical (unpaired) electrons. The van der Waals surface area contributed by atoms with Gasteiger partial charge in [-0.1, -0.05) is 18.0 Å². The fraction of sp³-hybridized carbons (Fsp3) is 0.750. The second kappa shape index (κ2) is 6.69. The van der Waals surface area contributed by atoms with Gasteiger partial charge in [-0.05, 0) is 39.5 Å². The molecular weight excluding hydrogens is 344 g/mol. The van der Waals surface area contributed by atoms with E-state index in [1.54, 1.807) is 18.7 Å². The Hall–Kier alpha value is -1.45. The number of sulfonamides is 1. The van der Waals surface area contributed by atoms with Crippen molar-refractivity contribution in [2.24, 2.45) is 5.73 Å². The zero-order valence-corrected chi connectivity index (χ0v) is 15.6. The summed E-state index contributed by atoms with van der Waals surface area (Å²) < 4.78 is 33.6. The van der Waals surface area contributed by atoms with Crippen LogP contribution < -0.4 is 10.5 Å². The van der Waals surface area contributed by atoms with Crippen molar-refractivity contribution in [3.8, 4) is 0 Å². The Balaban J connectivity index is 1.89. The number of carbonyl (C=O) groups is 1. The average molecular weight is 370 g/mol. The third-order valence-corrected chi connectivity index (χ3v) is 6.96. The van der Waals surface area contributed by atoms with E-state index in [1.807, 2.05) is 0 Å². The number of nitrogens with zero attached hydrogens (tertiary/aromatic N) is 2. The molecule has 0 bridgehead atoms. The van der Waals surface area contributed by atoms with Crippen LogP contribution in [-0.4, -0.2) is 49.1 Å². The summed E-state index contributed by atoms with van der Waals surface area (Å²) in [7, 11) is -3.90. The summed E-state index contributed by atoms with van der Waals surface area (Å²) in [5.41, 5.74) is 5.20. The molecule has 3 N–H and O–H groups in total. The van der Waals surface area contributed by atoms with Gasteiger partial charge < -0.3 is 15.2 Å². The molecule has 3 rings (SSSR count). The number of amides is 1. The maximum Gasteiger partial charge on any atom is 0.246 e. The molecule has 1 aromatic rings. The highest BCUT2D eigenvalue weighted by Crippen LogP contribution is 2.34. The minimum Gasteiger partial charge on any atom is -0.360 e. The van der Waals surface area contributed by atoms with Gasteiger partial charge in [0.2, 0.25) is 15.9 Å². The highest BCUT2D eigenvalue weighted by Gasteiger charge is 2.47. The lowest BCUT2D eigenvalue weighted by molar-refractivity contribution is -0.138. The number of aromatic nitrogens is 1. The molecule has 1 saturated carbocycles. The minimum atomic E-state index is -3.90. The number of piperidine rings is 1. The maximum absolute atomic E-state index is 13.2. The van der Waals surface area contributed by atoms with E-state index in [4.69, 9.17) is 10.3 Å². The number of hydrogen-bond acceptors (Lipinski definition) is 6. The molecule has 1 saturated heterocycles. The summed E-state index contributed by atoms with van der Waals surface area (Å²) in [5.74, 6) is 0.0704. The zero-order chi connectivity index (χ0) is 18.2. The van der Waals surface area contributed by atoms with Crippen LogP contribution >= 0.6 is 0 Å². The van der Waals surface area contributed by atoms with Crippen molar-refractivity contribution in [1.82, 2.24) is 14.8 Å². The molecule has 9 heteroatoms. The standard InChI is InChI=1S/C16H26N4O4S/c1-11-14(12(2)24-18-11)25(22,23)19-16(7-3-4-8-16)15(21)20-9-5-6-13(17)10-20/h13,19H,3-10,17H2,1-2H3. The average Bonchev–Trinajstić information content (AvgIpc) is 3.14. The third kappa shape index (κ3) is 3.45. The van der Waals surface area contributed by atoms with Crippen LogP contribution in [-0.2, 0) is 14.8 Å². The van der Waals surface area contributed by atoms with E-state index in [0.717, 1.165) is 25.7 Å². The molecule has 8 nitrogen and oxygen atoms in total. The van der Waals surface area contributed by atoms with Gasteiger partial charge in [0.25, 0.3) is 0 Å². The molecule has 140 valence electrons. The minimum absolute atomic E-state index is 0.0296. The summed E-state index contributed by atoms with van der Waals surface area (Å²) in [4.78, 5) is 14.9. The molecule has 1 aliphatic carbocycles. The third-order valence-electron chi connectivity index (χ3n) is 5.18. The molecule has 1 aromatic heterocycles. The van der Waals surface area contributed by atoms with Crippen molar-refractivity contribution in [3.63, 3.8) is 0 Å². The van der Waals surface area contributed by atoms with Crippen LogP contribution in [0.15, 0.2) is 9.42 Å². The Kier molecular flexibility index (Phi) is 4.91. The van der Waals surface area contributed by atoms with Gasteiger partial charge in [0.1, 0.15) is 16.1 Å². The highest BCUT2D eigenvalue weighted by atomic mass is 32.2. The monoisotopic (exact) mass is 370 g/mol. The van der Waals surface area contributed by atoms with E-state index in [9.17, 15) is 13.2 Å². The molecule has 1 aliphatic heterocycles. The quantitative estimate of drug-likeness (QED) is 0.810. The molecule has 25 heavy (non-hydrogen) atoms. The van der Waals surface area contributed by atoms with Crippen molar-refractivity contribution >= 4 is 15.9 Å². The second-order valence-electron chi connectivity index (χ2n) is 7.20. The van der Waals surface area contributed by atoms with Crippen LogP contribution in [0, 0.1) is 13.8 Å². The van der Waals surface area contributed by atoms with E-state index in [2.05, 4.69) is 9.88 Å². The SMILES string of the molecule is Cc1noc(C)c1S(=O)(=O)NC1(C(=O)N2CCCC(N)C2)CCCC1. The van der Waals surface area contributed by atoms with Crippen molar-refractivity contribution in [2.45, 2.75) is 68.8 Å². The van der Waals surface area contributed by atoms with E-state index in [1.165, 1.54) is 0 Å². The van der Waals surface area contributed by atoms with Gasteiger partial charge in [-0.15, -0.1) is 0 Å². The number of aryl methyl sites for hydroxylation is 2. The first-order valence-corrected chi connectivity index (χ1v) is 10.3. The summed E-state index contributed by atoms with van der Waals surface area (Å²) >= 11 is 0. The van der Waals surface area contributed by atoms with Crippen LogP contribution in [0.5, 0.6) is 0 Å². The highest BCUT2D eigenvalue weighted by molar-refractivity contribution is 7.89. The van der Waals surface area contributed by atoms with E-state index >= 15 is 0 Å². The Morgan fingerprint density at radius 2 is 2.00 bits per heavy atom. The van der Waals surface area contributed by atoms with Gasteiger partial charge in [0.15, 0.2) is 5.76 Å². The van der Waals surface area contributed by atoms with E-state index in [-0.39, 0.29) is 22.6 Å². The Morgan fingerprint density at radius 3 is 2.56 bits per heavy atom. The Bertz CT molecular complexity index is 733. The molecule has 1 amide bonds. The van der Waals surface area contributed by atoms with Crippen molar-refractivity contribution in [3.05, 3.63) is 11.5 Å². The van der Waals surface area contributed by atoms with Crippen LogP contribution in [0.1, 0.15) is 50.0 Å². The topological polar surface area (TPSA) is 119 Å². The van der Waals surface area contributed by atoms with Crippen molar-refractivity contribution in [1.29, 1.82) is 0 Å². The fourth-order valence-corrected chi connectivity index (χ4v) is 5.75. The van der Waals surface area contributed by atoms with Gasteiger partial charge in [-0.2, -0.15) is 4.72 Å². The molecule has 2 aliphatic rings. The molecule has 2 heterocycles. The predicted molar refractivity (Wildman–Crippen MR) is 91.3 cm³/mol. The van der Waals surface area contributed by atoms with Gasteiger partial charge in [0.05, 0.1) is 0 Å². The lowest BCUT2D eigenvalue weighted by Gasteiger charge is -2.38. The number of rotatable bonds is 4. The Morgan fingerprint density at radius 1 is 1.32 bits per heavy atom. The Labute approximate surface area is 148 Å². The molecule has 1 atom stereocenters. The number of nitrogens with one attached hydrogen (secondary N) is 1. The van der Waals surface area contributed by atoms with E-state index < -0.39 is 15.6 Å². The van der Waals surface area contributed by atoms with Crippen LogP contribution in [0.2, 0.25) is 0 Å². The largest absolute Gasteiger partial charge is 0.360 e. The van der Waals surface area contributed by atoms with Gasteiger partial charge in [-0.3, -0.25) is 4.79 Å². The normalized spacial score (nSPS) is 23.8. The zero-order valence-electron chi connectivity index (χ0n) is 14.7. The molecule has 0 aromatic carbocycles. The van der Waals surface area contributed by atoms with Crippen LogP contribution in [0.3, 0.4) is 0 Å². The number of hydrogen-bond donors (Lipinski definition) is 2. The number of nitrogens with two attached hydrogens (primary N) is 1. The lowest BCUT2D eigenvalue weighted by atomic mass is 9.95. The molecule has 0 spiro atoms. The first-order chi connectivity index (χ1) is 11.8. The summed E-state index contributed by atoms with van der Waals surface area (Å²) in [5, 5.41) is 3.72. The van der Waals surface area contributed by atoms with Crippen LogP contribution in [0.4, 0.5) is 0 Å². The lowest BCUT2D eigenvalue weighted by Crippen LogP contribution is -2.60. The summed E-state index contributed by atoms with van der Waals surface area (Å²) in [6, 6.07) is -0.0460. The first kappa shape index (κ1) is 18.3. The van der Waals surface area contributed by atoms with Gasteiger partial charge in [0, 0.05) is 19.1 Å². The molecule has 2 fully saturated rings. The van der Waals surface area contributed by atoms with E-state index in [0.29, 0.717) is 31.6 Å². The van der Waals surface area contributed by atoms with Crippen LogP contribution in [0.25, 0.3) is 0 Å². The second-order valence-corrected chi connectivity index (χ2v) is 8.82. The number of carbonyl (C=O) groups excluding carboxylic acids is 1. The van der Waals surface area contributed by atoms with Gasteiger partial charge >= 0.3 is 0 Å². The maximum atomic E-state index is 13.2. The molecular formula is C16H26N4O4S. The van der Waals surface area contributed by atoms with Crippen molar-refractivity contribution in [2.75, 3.05) is 13.1 Å². The summed E-state index contributed by atoms with van der Waals surface area (Å²) in [6.45, 7) is 4.24. The predicted octanol–water partition coefficient (Wildman–Crippen LogP) is 0.832. The smallest absolute Gasteiger partial charge is 0.246 e.